The summed E-state index contributed by atoms with van der Waals surface area (Å²) < 4.78 is 4.96. The first-order valence-corrected chi connectivity index (χ1v) is 3.59. The van der Waals surface area contributed by atoms with E-state index in [0.29, 0.717) is 11.4 Å². The molecule has 1 aromatic rings. The van der Waals surface area contributed by atoms with Crippen LogP contribution in [-0.2, 0) is 6.61 Å². The number of pyridine rings is 1. The second-order valence-electron chi connectivity index (χ2n) is 2.27. The van der Waals surface area contributed by atoms with Gasteiger partial charge in [0, 0.05) is 5.56 Å². The quantitative estimate of drug-likeness (QED) is 0.732. The van der Waals surface area contributed by atoms with Gasteiger partial charge >= 0.3 is 0 Å². The van der Waals surface area contributed by atoms with Crippen molar-refractivity contribution in [3.05, 3.63) is 30.0 Å². The maximum Gasteiger partial charge on any atom is 0.219 e. The molecule has 0 bridgehead atoms. The molecule has 0 aliphatic carbocycles. The predicted molar refractivity (Wildman–Crippen MR) is 46.8 cm³/mol. The van der Waals surface area contributed by atoms with Gasteiger partial charge in [-0.15, -0.1) is 0 Å². The normalized spacial score (nSPS) is 9.50. The van der Waals surface area contributed by atoms with E-state index in [9.17, 15) is 0 Å². The van der Waals surface area contributed by atoms with Crippen LogP contribution in [0.2, 0.25) is 0 Å². The van der Waals surface area contributed by atoms with E-state index in [2.05, 4.69) is 11.6 Å². The number of aliphatic hydroxyl groups excluding tert-OH is 1. The van der Waals surface area contributed by atoms with Crippen LogP contribution in [0.25, 0.3) is 6.08 Å². The maximum atomic E-state index is 8.87. The lowest BCUT2D eigenvalue weighted by Gasteiger charge is -2.04. The van der Waals surface area contributed by atoms with E-state index in [-0.39, 0.29) is 6.61 Å². The highest BCUT2D eigenvalue weighted by Gasteiger charge is 2.02. The van der Waals surface area contributed by atoms with Crippen LogP contribution in [0.15, 0.2) is 18.7 Å². The zero-order chi connectivity index (χ0) is 8.97. The summed E-state index contributed by atoms with van der Waals surface area (Å²) in [5.41, 5.74) is 1.42. The molecule has 1 N–H and O–H groups in total. The molecule has 0 unspecified atom stereocenters. The maximum absolute atomic E-state index is 8.87. The first kappa shape index (κ1) is 8.74. The van der Waals surface area contributed by atoms with Gasteiger partial charge in [0.2, 0.25) is 5.88 Å². The van der Waals surface area contributed by atoms with Crippen LogP contribution >= 0.6 is 0 Å². The molecule has 0 saturated heterocycles. The lowest BCUT2D eigenvalue weighted by molar-refractivity contribution is 0.271. The predicted octanol–water partition coefficient (Wildman–Crippen LogP) is 1.23. The highest BCUT2D eigenvalue weighted by atomic mass is 16.5. The fourth-order valence-electron chi connectivity index (χ4n) is 0.894. The second kappa shape index (κ2) is 3.88. The minimum atomic E-state index is -0.0619. The minimum Gasteiger partial charge on any atom is -0.481 e. The lowest BCUT2D eigenvalue weighted by Crippen LogP contribution is -1.95. The van der Waals surface area contributed by atoms with Crippen LogP contribution in [0.3, 0.4) is 0 Å². The van der Waals surface area contributed by atoms with E-state index in [1.807, 2.05) is 0 Å². The third-order valence-electron chi connectivity index (χ3n) is 1.53. The van der Waals surface area contributed by atoms with E-state index in [0.717, 1.165) is 5.69 Å². The fourth-order valence-corrected chi connectivity index (χ4v) is 0.894. The molecular weight excluding hydrogens is 154 g/mol. The van der Waals surface area contributed by atoms with Gasteiger partial charge in [-0.25, -0.2) is 4.98 Å². The Morgan fingerprint density at radius 1 is 1.67 bits per heavy atom. The third kappa shape index (κ3) is 1.62. The molecule has 1 heterocycles. The van der Waals surface area contributed by atoms with Crippen molar-refractivity contribution in [3.8, 4) is 5.88 Å². The minimum absolute atomic E-state index is 0.0619. The number of hydrogen-bond donors (Lipinski definition) is 1. The molecule has 64 valence electrons. The molecule has 1 aromatic heterocycles. The van der Waals surface area contributed by atoms with Crippen molar-refractivity contribution in [1.29, 1.82) is 0 Å². The van der Waals surface area contributed by atoms with Gasteiger partial charge in [-0.3, -0.25) is 0 Å². The molecule has 3 heteroatoms. The topological polar surface area (TPSA) is 42.4 Å². The molecule has 0 aliphatic heterocycles. The van der Waals surface area contributed by atoms with E-state index in [1.165, 1.54) is 7.11 Å². The molecule has 0 amide bonds. The van der Waals surface area contributed by atoms with Crippen LogP contribution < -0.4 is 4.74 Å². The second-order valence-corrected chi connectivity index (χ2v) is 2.27. The highest BCUT2D eigenvalue weighted by Crippen LogP contribution is 2.15. The standard InChI is InChI=1S/C9H11NO2/c1-3-8-5-4-7(6-11)9(10-8)12-2/h3-5,11H,1,6H2,2H3. The number of methoxy groups -OCH3 is 1. The molecule has 0 aromatic carbocycles. The smallest absolute Gasteiger partial charge is 0.219 e. The Labute approximate surface area is 71.3 Å². The zero-order valence-corrected chi connectivity index (χ0v) is 6.95. The van der Waals surface area contributed by atoms with Gasteiger partial charge in [-0.2, -0.15) is 0 Å². The molecule has 12 heavy (non-hydrogen) atoms. The van der Waals surface area contributed by atoms with Gasteiger partial charge in [0.15, 0.2) is 0 Å². The first-order valence-electron chi connectivity index (χ1n) is 3.59. The molecule has 0 fully saturated rings. The summed E-state index contributed by atoms with van der Waals surface area (Å²) in [6.45, 7) is 3.52. The number of nitrogens with zero attached hydrogens (tertiary/aromatic N) is 1. The Morgan fingerprint density at radius 2 is 2.42 bits per heavy atom. The van der Waals surface area contributed by atoms with E-state index in [4.69, 9.17) is 9.84 Å². The van der Waals surface area contributed by atoms with Gasteiger partial charge in [-0.05, 0) is 18.2 Å². The van der Waals surface area contributed by atoms with Crippen LogP contribution in [0.1, 0.15) is 11.3 Å². The molecular formula is C9H11NO2. The van der Waals surface area contributed by atoms with Crippen LogP contribution in [0.5, 0.6) is 5.88 Å². The van der Waals surface area contributed by atoms with Crippen molar-refractivity contribution >= 4 is 6.08 Å². The van der Waals surface area contributed by atoms with Crippen LogP contribution in [0, 0.1) is 0 Å². The summed E-state index contributed by atoms with van der Waals surface area (Å²) in [4.78, 5) is 4.08. The highest BCUT2D eigenvalue weighted by molar-refractivity contribution is 5.44. The van der Waals surface area contributed by atoms with Gasteiger partial charge < -0.3 is 9.84 Å². The van der Waals surface area contributed by atoms with Crippen LogP contribution in [0.4, 0.5) is 0 Å². The summed E-state index contributed by atoms with van der Waals surface area (Å²) in [6.07, 6.45) is 1.63. The Hall–Kier alpha value is -1.35. The van der Waals surface area contributed by atoms with E-state index >= 15 is 0 Å². The lowest BCUT2D eigenvalue weighted by atomic mass is 10.2. The van der Waals surface area contributed by atoms with Crippen molar-refractivity contribution in [3.63, 3.8) is 0 Å². The number of ether oxygens (including phenoxy) is 1. The number of rotatable bonds is 3. The van der Waals surface area contributed by atoms with Gasteiger partial charge in [0.25, 0.3) is 0 Å². The van der Waals surface area contributed by atoms with Crippen molar-refractivity contribution in [2.45, 2.75) is 6.61 Å². The summed E-state index contributed by atoms with van der Waals surface area (Å²) in [6, 6.07) is 3.55. The summed E-state index contributed by atoms with van der Waals surface area (Å²) in [5.74, 6) is 0.454. The SMILES string of the molecule is C=Cc1ccc(CO)c(OC)n1. The largest absolute Gasteiger partial charge is 0.481 e. The Kier molecular flexibility index (Phi) is 2.82. The van der Waals surface area contributed by atoms with Crippen molar-refractivity contribution in [2.24, 2.45) is 0 Å². The van der Waals surface area contributed by atoms with E-state index < -0.39 is 0 Å². The number of aliphatic hydroxyl groups is 1. The van der Waals surface area contributed by atoms with E-state index in [1.54, 1.807) is 18.2 Å². The Morgan fingerprint density at radius 3 is 2.92 bits per heavy atom. The first-order chi connectivity index (χ1) is 5.81. The number of hydrogen-bond acceptors (Lipinski definition) is 3. The summed E-state index contributed by atoms with van der Waals surface area (Å²) in [7, 11) is 1.52. The molecule has 0 atom stereocenters. The monoisotopic (exact) mass is 165 g/mol. The Balaban J connectivity index is 3.10. The van der Waals surface area contributed by atoms with Crippen LogP contribution in [-0.4, -0.2) is 17.2 Å². The number of aromatic nitrogens is 1. The molecule has 0 spiro atoms. The average molecular weight is 165 g/mol. The fraction of sp³-hybridized carbons (Fsp3) is 0.222. The van der Waals surface area contributed by atoms with Crippen molar-refractivity contribution in [1.82, 2.24) is 4.98 Å². The molecule has 0 aliphatic rings. The summed E-state index contributed by atoms with van der Waals surface area (Å²) >= 11 is 0. The molecule has 0 radical (unpaired) electrons. The molecule has 3 nitrogen and oxygen atoms in total. The van der Waals surface area contributed by atoms with Crippen molar-refractivity contribution in [2.75, 3.05) is 7.11 Å². The van der Waals surface area contributed by atoms with Gasteiger partial charge in [-0.1, -0.05) is 6.58 Å². The van der Waals surface area contributed by atoms with Crippen molar-refractivity contribution < 1.29 is 9.84 Å². The summed E-state index contributed by atoms with van der Waals surface area (Å²) in [5, 5.41) is 8.87. The Bertz CT molecular complexity index is 284. The van der Waals surface area contributed by atoms with Gasteiger partial charge in [0.05, 0.1) is 19.4 Å². The molecule has 1 rings (SSSR count). The molecule has 0 saturated carbocycles. The third-order valence-corrected chi connectivity index (χ3v) is 1.53. The average Bonchev–Trinajstić information content (AvgIpc) is 2.16. The van der Waals surface area contributed by atoms with Gasteiger partial charge in [0.1, 0.15) is 0 Å². The zero-order valence-electron chi connectivity index (χ0n) is 6.95.